The molecule has 0 aromatic heterocycles. The Kier molecular flexibility index (Phi) is 56.3. The lowest BCUT2D eigenvalue weighted by Crippen LogP contribution is -2.30. The molecule has 0 fully saturated rings. The lowest BCUT2D eigenvalue weighted by Gasteiger charge is -2.18. The standard InChI is InChI=1S/C65H112O6/c1-4-7-10-13-16-19-22-25-28-31-32-35-37-40-43-46-49-52-55-58-64(67)70-61-62(71-65(68)59-56-53-50-47-44-41-38-34-30-27-24-21-18-15-12-9-6-3)60-69-63(66)57-54-51-48-45-42-39-36-33-29-26-23-20-17-14-11-8-5-2/h17-18,20-21,26-27,29-30,36,38-39,41,45,48,62H,4-16,19,22-25,28,31-35,37,40,42-44,46-47,49-61H2,1-3H3/b20-17-,21-18-,29-26-,30-27-,39-36-,41-38-,48-45-/t62-/m1/s1. The molecule has 71 heavy (non-hydrogen) atoms. The van der Waals surface area contributed by atoms with Gasteiger partial charge >= 0.3 is 17.9 Å². The van der Waals surface area contributed by atoms with Gasteiger partial charge in [-0.05, 0) is 96.3 Å². The number of unbranched alkanes of at least 4 members (excludes halogenated alkanes) is 29. The van der Waals surface area contributed by atoms with E-state index in [-0.39, 0.29) is 37.5 Å². The summed E-state index contributed by atoms with van der Waals surface area (Å²) in [7, 11) is 0. The van der Waals surface area contributed by atoms with Crippen molar-refractivity contribution >= 4 is 17.9 Å². The fraction of sp³-hybridized carbons (Fsp3) is 0.738. The van der Waals surface area contributed by atoms with Crippen molar-refractivity contribution in [3.8, 4) is 0 Å². The van der Waals surface area contributed by atoms with Crippen molar-refractivity contribution in [2.24, 2.45) is 0 Å². The molecule has 1 atom stereocenters. The molecule has 0 heterocycles. The summed E-state index contributed by atoms with van der Waals surface area (Å²) in [6, 6.07) is 0. The molecule has 408 valence electrons. The number of carbonyl (C=O) groups excluding carboxylic acids is 3. The van der Waals surface area contributed by atoms with Gasteiger partial charge in [-0.3, -0.25) is 14.4 Å². The molecule has 6 heteroatoms. The van der Waals surface area contributed by atoms with Crippen LogP contribution in [0.5, 0.6) is 0 Å². The number of esters is 3. The van der Waals surface area contributed by atoms with Crippen LogP contribution >= 0.6 is 0 Å². The molecular weight excluding hydrogens is 877 g/mol. The third-order valence-corrected chi connectivity index (χ3v) is 12.9. The van der Waals surface area contributed by atoms with Gasteiger partial charge in [0.25, 0.3) is 0 Å². The Hall–Kier alpha value is -3.41. The number of rotatable bonds is 54. The zero-order valence-electron chi connectivity index (χ0n) is 46.7. The summed E-state index contributed by atoms with van der Waals surface area (Å²) in [6.45, 7) is 6.54. The van der Waals surface area contributed by atoms with Gasteiger partial charge in [0.1, 0.15) is 13.2 Å². The van der Waals surface area contributed by atoms with E-state index in [1.54, 1.807) is 0 Å². The zero-order chi connectivity index (χ0) is 51.4. The maximum absolute atomic E-state index is 12.9. The molecule has 0 saturated carbocycles. The summed E-state index contributed by atoms with van der Waals surface area (Å²) in [4.78, 5) is 38.2. The van der Waals surface area contributed by atoms with Crippen LogP contribution in [0.3, 0.4) is 0 Å². The molecule has 0 spiro atoms. The summed E-state index contributed by atoms with van der Waals surface area (Å²) in [6.07, 6.45) is 77.2. The number of allylic oxidation sites excluding steroid dienone is 14. The molecule has 0 amide bonds. The number of hydrogen-bond acceptors (Lipinski definition) is 6. The van der Waals surface area contributed by atoms with E-state index in [9.17, 15) is 14.4 Å². The molecule has 0 aromatic carbocycles. The predicted molar refractivity (Wildman–Crippen MR) is 307 cm³/mol. The Balaban J connectivity index is 4.47. The highest BCUT2D eigenvalue weighted by Crippen LogP contribution is 2.16. The number of carbonyl (C=O) groups is 3. The topological polar surface area (TPSA) is 78.9 Å². The van der Waals surface area contributed by atoms with Crippen LogP contribution in [0.4, 0.5) is 0 Å². The average molecular weight is 990 g/mol. The van der Waals surface area contributed by atoms with Gasteiger partial charge in [0.05, 0.1) is 0 Å². The van der Waals surface area contributed by atoms with Crippen molar-refractivity contribution in [2.45, 2.75) is 297 Å². The fourth-order valence-electron chi connectivity index (χ4n) is 8.33. The molecule has 0 rings (SSSR count). The minimum absolute atomic E-state index is 0.101. The third kappa shape index (κ3) is 57.4. The van der Waals surface area contributed by atoms with E-state index < -0.39 is 6.10 Å². The van der Waals surface area contributed by atoms with Crippen LogP contribution in [0.25, 0.3) is 0 Å². The maximum atomic E-state index is 12.9. The molecule has 0 aliphatic carbocycles. The van der Waals surface area contributed by atoms with Crippen LogP contribution < -0.4 is 0 Å². The largest absolute Gasteiger partial charge is 0.462 e. The lowest BCUT2D eigenvalue weighted by atomic mass is 10.0. The summed E-state index contributed by atoms with van der Waals surface area (Å²) < 4.78 is 16.8. The van der Waals surface area contributed by atoms with Gasteiger partial charge in [-0.2, -0.15) is 0 Å². The molecule has 0 N–H and O–H groups in total. The van der Waals surface area contributed by atoms with Gasteiger partial charge in [-0.15, -0.1) is 0 Å². The van der Waals surface area contributed by atoms with E-state index in [1.165, 1.54) is 154 Å². The Morgan fingerprint density at radius 2 is 0.521 bits per heavy atom. The van der Waals surface area contributed by atoms with Crippen LogP contribution in [0.2, 0.25) is 0 Å². The van der Waals surface area contributed by atoms with Crippen molar-refractivity contribution in [1.29, 1.82) is 0 Å². The van der Waals surface area contributed by atoms with Crippen LogP contribution in [0, 0.1) is 0 Å². The molecule has 0 saturated heterocycles. The summed E-state index contributed by atoms with van der Waals surface area (Å²) in [5, 5.41) is 0. The molecule has 0 aliphatic rings. The minimum Gasteiger partial charge on any atom is -0.462 e. The second kappa shape index (κ2) is 59.2. The maximum Gasteiger partial charge on any atom is 0.306 e. The van der Waals surface area contributed by atoms with Crippen LogP contribution in [-0.2, 0) is 28.6 Å². The van der Waals surface area contributed by atoms with E-state index >= 15 is 0 Å². The first-order chi connectivity index (χ1) is 35.0. The number of ether oxygens (including phenoxy) is 3. The number of hydrogen-bond donors (Lipinski definition) is 0. The summed E-state index contributed by atoms with van der Waals surface area (Å²) in [5.41, 5.74) is 0. The van der Waals surface area contributed by atoms with Crippen molar-refractivity contribution in [2.75, 3.05) is 13.2 Å². The lowest BCUT2D eigenvalue weighted by molar-refractivity contribution is -0.167. The Bertz CT molecular complexity index is 1370. The van der Waals surface area contributed by atoms with E-state index in [0.717, 1.165) is 89.9 Å². The summed E-state index contributed by atoms with van der Waals surface area (Å²) >= 11 is 0. The smallest absolute Gasteiger partial charge is 0.306 e. The van der Waals surface area contributed by atoms with Gasteiger partial charge in [-0.25, -0.2) is 0 Å². The minimum atomic E-state index is -0.810. The molecule has 0 aromatic rings. The molecule has 6 nitrogen and oxygen atoms in total. The average Bonchev–Trinajstić information content (AvgIpc) is 3.37. The van der Waals surface area contributed by atoms with E-state index in [2.05, 4.69) is 106 Å². The second-order valence-electron chi connectivity index (χ2n) is 19.9. The van der Waals surface area contributed by atoms with Crippen molar-refractivity contribution in [3.05, 3.63) is 85.1 Å². The van der Waals surface area contributed by atoms with Gasteiger partial charge in [0.2, 0.25) is 0 Å². The Morgan fingerprint density at radius 3 is 0.873 bits per heavy atom. The van der Waals surface area contributed by atoms with E-state index in [0.29, 0.717) is 19.3 Å². The SMILES string of the molecule is CCCCC/C=C\C/C=C\C/C=C\C/C=C\CCCC(=O)OC[C@H](COC(=O)CCCCCCCCCCCCCCCCCCCCC)OC(=O)CCCCCC/C=C\C/C=C\C/C=C\CCCCC. The first-order valence-corrected chi connectivity index (χ1v) is 30.1. The van der Waals surface area contributed by atoms with Gasteiger partial charge in [-0.1, -0.05) is 260 Å². The van der Waals surface area contributed by atoms with Gasteiger partial charge < -0.3 is 14.2 Å². The molecule has 0 aliphatic heterocycles. The first kappa shape index (κ1) is 67.6. The highest BCUT2D eigenvalue weighted by molar-refractivity contribution is 5.71. The zero-order valence-corrected chi connectivity index (χ0v) is 46.7. The first-order valence-electron chi connectivity index (χ1n) is 30.1. The summed E-state index contributed by atoms with van der Waals surface area (Å²) in [5.74, 6) is -0.972. The van der Waals surface area contributed by atoms with Gasteiger partial charge in [0, 0.05) is 19.3 Å². The van der Waals surface area contributed by atoms with Crippen LogP contribution in [-0.4, -0.2) is 37.2 Å². The van der Waals surface area contributed by atoms with E-state index in [1.807, 2.05) is 0 Å². The van der Waals surface area contributed by atoms with Crippen LogP contribution in [0.1, 0.15) is 290 Å². The van der Waals surface area contributed by atoms with Crippen molar-refractivity contribution in [3.63, 3.8) is 0 Å². The normalized spacial score (nSPS) is 12.7. The molecular formula is C65H112O6. The third-order valence-electron chi connectivity index (χ3n) is 12.9. The highest BCUT2D eigenvalue weighted by Gasteiger charge is 2.19. The Morgan fingerprint density at radius 1 is 0.282 bits per heavy atom. The molecule has 0 radical (unpaired) electrons. The van der Waals surface area contributed by atoms with Crippen molar-refractivity contribution < 1.29 is 28.6 Å². The second-order valence-corrected chi connectivity index (χ2v) is 19.9. The predicted octanol–water partition coefficient (Wildman–Crippen LogP) is 20.3. The molecule has 0 bridgehead atoms. The van der Waals surface area contributed by atoms with E-state index in [4.69, 9.17) is 14.2 Å². The Labute approximate surface area is 439 Å². The van der Waals surface area contributed by atoms with Gasteiger partial charge in [0.15, 0.2) is 6.10 Å². The highest BCUT2D eigenvalue weighted by atomic mass is 16.6. The van der Waals surface area contributed by atoms with Crippen LogP contribution in [0.15, 0.2) is 85.1 Å². The quantitative estimate of drug-likeness (QED) is 0.0261. The fourth-order valence-corrected chi connectivity index (χ4v) is 8.33. The molecule has 0 unspecified atom stereocenters. The monoisotopic (exact) mass is 989 g/mol. The van der Waals surface area contributed by atoms with Crippen molar-refractivity contribution in [1.82, 2.24) is 0 Å².